The average Bonchev–Trinajstić information content (AvgIpc) is 1.53. The Labute approximate surface area is 743 Å². The molecule has 3 saturated carbocycles. The lowest BCUT2D eigenvalue weighted by atomic mass is 9.33. The molecular weight excluding hydrogens is 1510 g/mol. The van der Waals surface area contributed by atoms with Gasteiger partial charge in [0.1, 0.15) is 0 Å². The Bertz CT molecular complexity index is 7090. The van der Waals surface area contributed by atoms with Gasteiger partial charge in [-0.05, 0) is 289 Å². The first-order chi connectivity index (χ1) is 59.6. The van der Waals surface area contributed by atoms with Gasteiger partial charge in [-0.25, -0.2) is 0 Å². The zero-order chi connectivity index (χ0) is 86.5. The molecule has 0 amide bonds. The summed E-state index contributed by atoms with van der Waals surface area (Å²) in [6.45, 7) is 53.9. The summed E-state index contributed by atoms with van der Waals surface area (Å²) in [6.07, 6.45) is 15.3. The number of aromatic nitrogens is 3. The summed E-state index contributed by atoms with van der Waals surface area (Å²) < 4.78 is 7.79. The highest BCUT2D eigenvalue weighted by molar-refractivity contribution is 7.02. The molecule has 3 aromatic heterocycles. The van der Waals surface area contributed by atoms with E-state index in [2.05, 4.69) is 380 Å². The van der Waals surface area contributed by atoms with Crippen molar-refractivity contribution in [3.8, 4) is 17.1 Å². The predicted molar refractivity (Wildman–Crippen MR) is 536 cm³/mol. The van der Waals surface area contributed by atoms with Crippen molar-refractivity contribution in [2.75, 3.05) is 19.6 Å². The van der Waals surface area contributed by atoms with Crippen LogP contribution in [0, 0.1) is 48.5 Å². The molecule has 3 aliphatic carbocycles. The van der Waals surface area contributed by atoms with Gasteiger partial charge >= 0.3 is 0 Å². The third kappa shape index (κ3) is 9.68. The fourth-order valence-corrected chi connectivity index (χ4v) is 28.3. The van der Waals surface area contributed by atoms with Gasteiger partial charge in [-0.15, -0.1) is 0 Å². The van der Waals surface area contributed by atoms with Gasteiger partial charge in [0.15, 0.2) is 0 Å². The van der Waals surface area contributed by atoms with E-state index in [1.54, 1.807) is 16.7 Å². The molecular formula is C115H122B3N7. The van der Waals surface area contributed by atoms with E-state index in [0.29, 0.717) is 0 Å². The Hall–Kier alpha value is -10.6. The van der Waals surface area contributed by atoms with Gasteiger partial charge in [-0.1, -0.05) is 255 Å². The molecule has 3 fully saturated rings. The summed E-state index contributed by atoms with van der Waals surface area (Å²) in [5.74, 6) is 0. The maximum Gasteiger partial charge on any atom is 0.252 e. The minimum absolute atomic E-state index is 0.0333. The summed E-state index contributed by atoms with van der Waals surface area (Å²) in [6, 6.07) is 75.9. The number of fused-ring (bicyclic) bond motifs is 21. The van der Waals surface area contributed by atoms with E-state index in [1.165, 1.54) is 283 Å². The first-order valence-electron chi connectivity index (χ1n) is 47.7. The van der Waals surface area contributed by atoms with Crippen LogP contribution in [-0.4, -0.2) is 50.5 Å². The summed E-state index contributed by atoms with van der Waals surface area (Å²) in [4.78, 5) is 11.0. The van der Waals surface area contributed by atoms with Crippen LogP contribution in [0.25, 0.3) is 49.8 Å². The third-order valence-corrected chi connectivity index (χ3v) is 35.9. The van der Waals surface area contributed by atoms with Crippen LogP contribution in [0.15, 0.2) is 194 Å². The molecule has 14 aromatic rings. The Kier molecular flexibility index (Phi) is 15.9. The molecule has 12 aliphatic rings. The van der Waals surface area contributed by atoms with Crippen LogP contribution < -0.4 is 68.8 Å². The van der Waals surface area contributed by atoms with E-state index < -0.39 is 0 Å². The zero-order valence-electron chi connectivity index (χ0n) is 78.3. The van der Waals surface area contributed by atoms with Crippen LogP contribution in [0.5, 0.6) is 0 Å². The molecule has 26 rings (SSSR count). The van der Waals surface area contributed by atoms with Gasteiger partial charge in [0.2, 0.25) is 0 Å². The predicted octanol–water partition coefficient (Wildman–Crippen LogP) is 23.1. The monoisotopic (exact) mass is 1630 g/mol. The number of nitrogens with zero attached hydrogens (tertiary/aromatic N) is 7. The van der Waals surface area contributed by atoms with Crippen LogP contribution in [0.2, 0.25) is 0 Å². The lowest BCUT2D eigenvalue weighted by molar-refractivity contribution is 0.195. The Morgan fingerprint density at radius 1 is 0.288 bits per heavy atom. The minimum atomic E-state index is -0.0333. The molecule has 6 atom stereocenters. The van der Waals surface area contributed by atoms with Crippen molar-refractivity contribution in [1.29, 1.82) is 0 Å². The highest BCUT2D eigenvalue weighted by Gasteiger charge is 2.66. The molecule has 0 N–H and O–H groups in total. The second-order valence-electron chi connectivity index (χ2n) is 45.1. The van der Waals surface area contributed by atoms with Crippen molar-refractivity contribution >= 4 is 153 Å². The molecule has 6 unspecified atom stereocenters. The Morgan fingerprint density at radius 2 is 0.592 bits per heavy atom. The van der Waals surface area contributed by atoms with Crippen molar-refractivity contribution in [2.24, 2.45) is 0 Å². The molecule has 0 radical (unpaired) electrons. The SMILES string of the molecule is Cc1c(C)n2c3c(cccc13)B1c3cc(C(C)(C)C)cc4c3N(c3cc(N(c5ccccc5)c5ccccc5)cc-2c31)C1(C)CCCCC41C.Cc1c(C)n2c3c(cccc13)B1c3cc(C(C)(C)C)cc4c3N(c3cccc-2c31)C1(C)CCCCC41C.Cc1cc2c3c(c1)-n1c(C)c(C)c4cccc(c41)B3c1cc(C(C)(C)C)cc3c1N2C1(C)CCCCC31C. The van der Waals surface area contributed by atoms with Crippen molar-refractivity contribution in [2.45, 2.75) is 278 Å². The van der Waals surface area contributed by atoms with Gasteiger partial charge < -0.3 is 33.3 Å². The van der Waals surface area contributed by atoms with E-state index in [9.17, 15) is 0 Å². The van der Waals surface area contributed by atoms with Gasteiger partial charge in [0.25, 0.3) is 20.1 Å². The summed E-state index contributed by atoms with van der Waals surface area (Å²) in [5.41, 5.74) is 53.8. The number of benzene rings is 11. The molecule has 0 spiro atoms. The fourth-order valence-electron chi connectivity index (χ4n) is 28.3. The van der Waals surface area contributed by atoms with Crippen molar-refractivity contribution in [3.63, 3.8) is 0 Å². The highest BCUT2D eigenvalue weighted by atomic mass is 15.3. The topological polar surface area (TPSA) is 27.8 Å². The van der Waals surface area contributed by atoms with Gasteiger partial charge in [-0.2, -0.15) is 0 Å². The second kappa shape index (κ2) is 25.4. The van der Waals surface area contributed by atoms with Gasteiger partial charge in [-0.3, -0.25) is 0 Å². The number of hydrogen-bond donors (Lipinski definition) is 0. The maximum atomic E-state index is 2.87. The first-order valence-corrected chi connectivity index (χ1v) is 47.7. The standard InChI is InChI=1S/C46H46BN3.C35H39BN2.C34H37BN2/c1-29-30(2)48-39-27-34(49(32-17-10-8-11-18-32)33-19-12-9-13-20-33)28-40-41(39)47(37-22-16-21-35(29)42(37)48)38-26-31(44(3,4)5)25-36-43(38)50(40)46(7)24-15-14-23-45(36,46)6;1-20-16-28-30-29(17-20)38-32-25(34(7)14-9-10-15-35(34,38)8)18-23(33(4,5)6)19-27(32)36(30)26-13-11-12-24-21(2)22(3)37(28)31(24)26;1-20-21(2)36-27-14-11-15-28-29(27)35(25-13-10-12-23(20)30(25)36)26-19-22(32(3,4)5)18-24-31(26)37(28)34(7)17-9-8-16-33(24,34)6/h8-13,16-22,25-28H,14-15,23-24H2,1-7H3;11-13,16-19H,9-10,14-15H2,1-8H3;10-15,18-19H,8-9,16-17H2,1-7H3. The Morgan fingerprint density at radius 3 is 0.968 bits per heavy atom. The lowest BCUT2D eigenvalue weighted by Crippen LogP contribution is -2.64. The minimum Gasteiger partial charge on any atom is -0.335 e. The first kappa shape index (κ1) is 78.0. The number of anilines is 9. The maximum absolute atomic E-state index is 2.87. The Balaban J connectivity index is 0.000000107. The van der Waals surface area contributed by atoms with Crippen molar-refractivity contribution in [3.05, 3.63) is 267 Å². The highest BCUT2D eigenvalue weighted by Crippen LogP contribution is 2.66. The molecule has 11 aromatic carbocycles. The van der Waals surface area contributed by atoms with E-state index in [0.717, 1.165) is 0 Å². The average molecular weight is 1630 g/mol. The molecule has 125 heavy (non-hydrogen) atoms. The second-order valence-corrected chi connectivity index (χ2v) is 45.1. The zero-order valence-corrected chi connectivity index (χ0v) is 78.3. The number of hydrogen-bond acceptors (Lipinski definition) is 4. The molecule has 0 bridgehead atoms. The van der Waals surface area contributed by atoms with Crippen LogP contribution in [0.3, 0.4) is 0 Å². The van der Waals surface area contributed by atoms with Crippen molar-refractivity contribution < 1.29 is 0 Å². The van der Waals surface area contributed by atoms with E-state index >= 15 is 0 Å². The lowest BCUT2D eigenvalue weighted by Gasteiger charge is -2.52. The molecule has 9 aliphatic heterocycles. The molecule has 626 valence electrons. The van der Waals surface area contributed by atoms with Crippen LogP contribution in [-0.2, 0) is 32.5 Å². The normalized spacial score (nSPS) is 23.3. The molecule has 10 heteroatoms. The van der Waals surface area contributed by atoms with Crippen LogP contribution in [0.4, 0.5) is 51.2 Å². The largest absolute Gasteiger partial charge is 0.335 e. The molecule has 7 nitrogen and oxygen atoms in total. The molecule has 12 heterocycles. The van der Waals surface area contributed by atoms with Crippen LogP contribution in [0.1, 0.15) is 254 Å². The fraction of sp³-hybridized carbons (Fsp3) is 0.374. The third-order valence-electron chi connectivity index (χ3n) is 35.9. The van der Waals surface area contributed by atoms with Gasteiger partial charge in [0, 0.05) is 129 Å². The number of aryl methyl sites for hydroxylation is 4. The van der Waals surface area contributed by atoms with Crippen molar-refractivity contribution in [1.82, 2.24) is 13.7 Å². The van der Waals surface area contributed by atoms with E-state index in [-0.39, 0.29) is 69.2 Å². The van der Waals surface area contributed by atoms with Gasteiger partial charge in [0.05, 0.1) is 22.3 Å². The smallest absolute Gasteiger partial charge is 0.252 e. The summed E-state index contributed by atoms with van der Waals surface area (Å²) >= 11 is 0. The summed E-state index contributed by atoms with van der Waals surface area (Å²) in [5, 5.41) is 4.19. The number of para-hydroxylation sites is 5. The van der Waals surface area contributed by atoms with Crippen LogP contribution >= 0.6 is 0 Å². The molecule has 0 saturated heterocycles. The summed E-state index contributed by atoms with van der Waals surface area (Å²) in [7, 11) is 0. The quantitative estimate of drug-likeness (QED) is 0.165. The van der Waals surface area contributed by atoms with E-state index in [4.69, 9.17) is 0 Å². The number of rotatable bonds is 3. The van der Waals surface area contributed by atoms with E-state index in [1.807, 2.05) is 0 Å².